The Labute approximate surface area is 131 Å². The smallest absolute Gasteiger partial charge is 0.232 e. The molecule has 2 heterocycles. The predicted molar refractivity (Wildman–Crippen MR) is 84.2 cm³/mol. The number of aromatic nitrogens is 2. The van der Waals surface area contributed by atoms with Gasteiger partial charge in [-0.2, -0.15) is 4.98 Å². The number of aliphatic hydroxyl groups is 1. The van der Waals surface area contributed by atoms with E-state index in [1.165, 1.54) is 4.88 Å². The molecule has 1 aromatic carbocycles. The highest BCUT2D eigenvalue weighted by atomic mass is 35.5. The molecule has 3 rings (SSSR count). The van der Waals surface area contributed by atoms with Crippen LogP contribution in [0.1, 0.15) is 17.4 Å². The molecule has 4 nitrogen and oxygen atoms in total. The molecule has 0 aliphatic carbocycles. The number of rotatable bonds is 4. The Kier molecular flexibility index (Phi) is 4.05. The number of hydrogen-bond acceptors (Lipinski definition) is 5. The summed E-state index contributed by atoms with van der Waals surface area (Å²) in [7, 11) is 0. The standard InChI is InChI=1S/C15H13ClN2O2S/c1-2-11-7-12-13(17-15(16)18-14(12)21-11)20-10-5-3-4-9(6-10)8-19/h3-7,19H,2,8H2,1H3. The third-order valence-electron chi connectivity index (χ3n) is 3.03. The largest absolute Gasteiger partial charge is 0.438 e. The van der Waals surface area contributed by atoms with E-state index in [0.29, 0.717) is 11.6 Å². The molecule has 0 saturated heterocycles. The fourth-order valence-corrected chi connectivity index (χ4v) is 3.16. The van der Waals surface area contributed by atoms with E-state index in [-0.39, 0.29) is 11.9 Å². The van der Waals surface area contributed by atoms with Gasteiger partial charge in [-0.3, -0.25) is 0 Å². The Balaban J connectivity index is 2.04. The van der Waals surface area contributed by atoms with Crippen molar-refractivity contribution >= 4 is 33.2 Å². The molecule has 0 aliphatic rings. The molecule has 108 valence electrons. The second-order valence-corrected chi connectivity index (χ2v) is 5.94. The molecular formula is C15H13ClN2O2S. The second-order valence-electron chi connectivity index (χ2n) is 4.49. The molecule has 6 heteroatoms. The minimum Gasteiger partial charge on any atom is -0.438 e. The van der Waals surface area contributed by atoms with Crippen LogP contribution in [0.3, 0.4) is 0 Å². The predicted octanol–water partition coefficient (Wildman–Crippen LogP) is 4.19. The van der Waals surface area contributed by atoms with Crippen LogP contribution in [-0.4, -0.2) is 15.1 Å². The van der Waals surface area contributed by atoms with Gasteiger partial charge in [-0.15, -0.1) is 11.3 Å². The Hall–Kier alpha value is -1.69. The van der Waals surface area contributed by atoms with E-state index in [0.717, 1.165) is 22.2 Å². The molecule has 1 N–H and O–H groups in total. The zero-order valence-electron chi connectivity index (χ0n) is 11.3. The summed E-state index contributed by atoms with van der Waals surface area (Å²) in [4.78, 5) is 10.4. The Morgan fingerprint density at radius 3 is 2.90 bits per heavy atom. The van der Waals surface area contributed by atoms with E-state index in [1.54, 1.807) is 17.4 Å². The van der Waals surface area contributed by atoms with E-state index in [1.807, 2.05) is 24.3 Å². The maximum absolute atomic E-state index is 9.18. The van der Waals surface area contributed by atoms with Crippen molar-refractivity contribution in [1.82, 2.24) is 9.97 Å². The van der Waals surface area contributed by atoms with Crippen molar-refractivity contribution in [3.8, 4) is 11.6 Å². The summed E-state index contributed by atoms with van der Waals surface area (Å²) in [6.07, 6.45) is 0.929. The topological polar surface area (TPSA) is 55.2 Å². The van der Waals surface area contributed by atoms with Crippen LogP contribution >= 0.6 is 22.9 Å². The fourth-order valence-electron chi connectivity index (χ4n) is 1.99. The number of fused-ring (bicyclic) bond motifs is 1. The Morgan fingerprint density at radius 1 is 1.29 bits per heavy atom. The highest BCUT2D eigenvalue weighted by Gasteiger charge is 2.12. The van der Waals surface area contributed by atoms with E-state index >= 15 is 0 Å². The molecule has 0 aliphatic heterocycles. The van der Waals surface area contributed by atoms with Crippen LogP contribution in [0, 0.1) is 0 Å². The molecule has 0 atom stereocenters. The number of thiophene rings is 1. The van der Waals surface area contributed by atoms with Gasteiger partial charge in [0.15, 0.2) is 0 Å². The van der Waals surface area contributed by atoms with Crippen molar-refractivity contribution in [2.75, 3.05) is 0 Å². The average molecular weight is 321 g/mol. The summed E-state index contributed by atoms with van der Waals surface area (Å²) in [6, 6.07) is 9.27. The summed E-state index contributed by atoms with van der Waals surface area (Å²) in [6.45, 7) is 2.06. The van der Waals surface area contributed by atoms with Crippen LogP contribution in [0.15, 0.2) is 30.3 Å². The molecule has 3 aromatic rings. The number of nitrogens with zero attached hydrogens (tertiary/aromatic N) is 2. The summed E-state index contributed by atoms with van der Waals surface area (Å²) in [5, 5.41) is 10.2. The van der Waals surface area contributed by atoms with Crippen molar-refractivity contribution in [2.45, 2.75) is 20.0 Å². The van der Waals surface area contributed by atoms with Crippen molar-refractivity contribution in [3.63, 3.8) is 0 Å². The number of hydrogen-bond donors (Lipinski definition) is 1. The third-order valence-corrected chi connectivity index (χ3v) is 4.37. The van der Waals surface area contributed by atoms with Gasteiger partial charge in [-0.1, -0.05) is 19.1 Å². The summed E-state index contributed by atoms with van der Waals surface area (Å²) < 4.78 is 5.83. The molecule has 0 fully saturated rings. The Morgan fingerprint density at radius 2 is 2.14 bits per heavy atom. The minimum atomic E-state index is -0.0322. The van der Waals surface area contributed by atoms with E-state index in [9.17, 15) is 5.11 Å². The number of aryl methyl sites for hydroxylation is 1. The van der Waals surface area contributed by atoms with Crippen molar-refractivity contribution in [2.24, 2.45) is 0 Å². The van der Waals surface area contributed by atoms with Gasteiger partial charge in [0.25, 0.3) is 0 Å². The van der Waals surface area contributed by atoms with Gasteiger partial charge >= 0.3 is 0 Å². The minimum absolute atomic E-state index is 0.0322. The lowest BCUT2D eigenvalue weighted by molar-refractivity contribution is 0.281. The zero-order valence-corrected chi connectivity index (χ0v) is 12.9. The average Bonchev–Trinajstić information content (AvgIpc) is 2.90. The van der Waals surface area contributed by atoms with Crippen LogP contribution in [-0.2, 0) is 13.0 Å². The molecule has 21 heavy (non-hydrogen) atoms. The molecule has 2 aromatic heterocycles. The zero-order chi connectivity index (χ0) is 14.8. The van der Waals surface area contributed by atoms with Crippen molar-refractivity contribution in [1.29, 1.82) is 0 Å². The first-order valence-corrected chi connectivity index (χ1v) is 7.72. The molecule has 0 amide bonds. The summed E-state index contributed by atoms with van der Waals surface area (Å²) in [5.74, 6) is 1.05. The lowest BCUT2D eigenvalue weighted by atomic mass is 10.2. The van der Waals surface area contributed by atoms with Gasteiger partial charge in [0, 0.05) is 4.88 Å². The second kappa shape index (κ2) is 5.97. The number of ether oxygens (including phenoxy) is 1. The van der Waals surface area contributed by atoms with Crippen LogP contribution in [0.2, 0.25) is 5.28 Å². The highest BCUT2D eigenvalue weighted by molar-refractivity contribution is 7.18. The van der Waals surface area contributed by atoms with Crippen molar-refractivity contribution in [3.05, 3.63) is 46.1 Å². The molecule has 0 radical (unpaired) electrons. The number of aliphatic hydroxyl groups excluding tert-OH is 1. The maximum atomic E-state index is 9.18. The van der Waals surface area contributed by atoms with Gasteiger partial charge in [-0.05, 0) is 41.8 Å². The SMILES string of the molecule is CCc1cc2c(Oc3cccc(CO)c3)nc(Cl)nc2s1. The highest BCUT2D eigenvalue weighted by Crippen LogP contribution is 2.34. The normalized spacial score (nSPS) is 11.0. The first kappa shape index (κ1) is 14.3. The maximum Gasteiger partial charge on any atom is 0.232 e. The first-order valence-electron chi connectivity index (χ1n) is 6.53. The van der Waals surface area contributed by atoms with E-state index in [2.05, 4.69) is 16.9 Å². The van der Waals surface area contributed by atoms with Crippen LogP contribution < -0.4 is 4.74 Å². The van der Waals surface area contributed by atoms with Gasteiger partial charge in [0.2, 0.25) is 11.2 Å². The quantitative estimate of drug-likeness (QED) is 0.732. The number of benzene rings is 1. The lowest BCUT2D eigenvalue weighted by Gasteiger charge is -2.07. The van der Waals surface area contributed by atoms with E-state index in [4.69, 9.17) is 16.3 Å². The third kappa shape index (κ3) is 3.00. The van der Waals surface area contributed by atoms with Crippen LogP contribution in [0.25, 0.3) is 10.2 Å². The molecule has 0 unspecified atom stereocenters. The van der Waals surface area contributed by atoms with Gasteiger partial charge in [0.05, 0.1) is 12.0 Å². The number of halogens is 1. The van der Waals surface area contributed by atoms with Crippen LogP contribution in [0.4, 0.5) is 0 Å². The molecule has 0 saturated carbocycles. The summed E-state index contributed by atoms with van der Waals surface area (Å²) in [5.41, 5.74) is 0.781. The molecule has 0 spiro atoms. The summed E-state index contributed by atoms with van der Waals surface area (Å²) >= 11 is 7.55. The van der Waals surface area contributed by atoms with Gasteiger partial charge in [-0.25, -0.2) is 4.98 Å². The lowest BCUT2D eigenvalue weighted by Crippen LogP contribution is -1.92. The van der Waals surface area contributed by atoms with Gasteiger partial charge < -0.3 is 9.84 Å². The monoisotopic (exact) mass is 320 g/mol. The Bertz CT molecular complexity index is 788. The first-order chi connectivity index (χ1) is 10.2. The van der Waals surface area contributed by atoms with E-state index < -0.39 is 0 Å². The van der Waals surface area contributed by atoms with Gasteiger partial charge in [0.1, 0.15) is 10.6 Å². The molecule has 0 bridgehead atoms. The molecular weight excluding hydrogens is 308 g/mol. The fraction of sp³-hybridized carbons (Fsp3) is 0.200. The van der Waals surface area contributed by atoms with Crippen molar-refractivity contribution < 1.29 is 9.84 Å². The van der Waals surface area contributed by atoms with Crippen LogP contribution in [0.5, 0.6) is 11.6 Å².